The molecule has 2 aliphatic rings. The highest BCUT2D eigenvalue weighted by atomic mass is 16.6. The van der Waals surface area contributed by atoms with Gasteiger partial charge in [0.2, 0.25) is 5.91 Å². The molecule has 2 aromatic carbocycles. The minimum absolute atomic E-state index is 0.155. The van der Waals surface area contributed by atoms with Crippen LogP contribution in [0.25, 0.3) is 0 Å². The molecule has 8 heteroatoms. The van der Waals surface area contributed by atoms with Gasteiger partial charge >= 0.3 is 12.1 Å². The van der Waals surface area contributed by atoms with Crippen LogP contribution in [0.4, 0.5) is 16.2 Å². The third-order valence-electron chi connectivity index (χ3n) is 4.80. The Hall–Kier alpha value is -3.55. The molecule has 4 rings (SSSR count). The molecule has 0 spiro atoms. The molecular formula is C19H16N2O6. The number of aromatic hydroxyl groups is 1. The van der Waals surface area contributed by atoms with E-state index in [9.17, 15) is 24.6 Å². The summed E-state index contributed by atoms with van der Waals surface area (Å²) in [5, 5.41) is 21.8. The van der Waals surface area contributed by atoms with Crippen molar-refractivity contribution in [3.05, 3.63) is 53.1 Å². The quantitative estimate of drug-likeness (QED) is 0.767. The highest BCUT2D eigenvalue weighted by Crippen LogP contribution is 2.40. The number of hydrogen-bond donors (Lipinski definition) is 3. The standard InChI is InChI=1S/C19H16N2O6/c22-16-4-1-10(7-14(16)18(24)25)13-9-17(23)20-15-8-11(2-3-12(13)15)21-5-6-27-19(21)26/h1-4,7-8,13,22H,5-6,9H2,(H,20,23)(H,24,25)/t13-/m1/s1. The van der Waals surface area contributed by atoms with E-state index in [2.05, 4.69) is 5.32 Å². The fourth-order valence-corrected chi connectivity index (χ4v) is 3.49. The van der Waals surface area contributed by atoms with Crippen LogP contribution in [0.15, 0.2) is 36.4 Å². The Bertz CT molecular complexity index is 971. The average molecular weight is 368 g/mol. The number of rotatable bonds is 3. The minimum Gasteiger partial charge on any atom is -0.507 e. The number of aromatic carboxylic acids is 1. The monoisotopic (exact) mass is 368 g/mol. The van der Waals surface area contributed by atoms with Crippen molar-refractivity contribution in [2.24, 2.45) is 0 Å². The normalized spacial score (nSPS) is 18.7. The molecule has 2 amide bonds. The third kappa shape index (κ3) is 2.95. The van der Waals surface area contributed by atoms with Gasteiger partial charge in [0.15, 0.2) is 0 Å². The first-order valence-corrected chi connectivity index (χ1v) is 8.38. The van der Waals surface area contributed by atoms with Gasteiger partial charge in [0.25, 0.3) is 0 Å². The number of nitrogens with zero attached hydrogens (tertiary/aromatic N) is 1. The maximum absolute atomic E-state index is 12.2. The van der Waals surface area contributed by atoms with Crippen LogP contribution in [-0.2, 0) is 9.53 Å². The number of amides is 2. The number of nitrogens with one attached hydrogen (secondary N) is 1. The zero-order valence-corrected chi connectivity index (χ0v) is 14.1. The summed E-state index contributed by atoms with van der Waals surface area (Å²) in [4.78, 5) is 36.8. The molecule has 27 heavy (non-hydrogen) atoms. The number of phenols is 1. The number of fused-ring (bicyclic) bond motifs is 1. The fourth-order valence-electron chi connectivity index (χ4n) is 3.49. The van der Waals surface area contributed by atoms with Crippen molar-refractivity contribution in [3.8, 4) is 5.75 Å². The van der Waals surface area contributed by atoms with E-state index < -0.39 is 12.1 Å². The Morgan fingerprint density at radius 1 is 1.19 bits per heavy atom. The largest absolute Gasteiger partial charge is 0.507 e. The Kier molecular flexibility index (Phi) is 3.95. The summed E-state index contributed by atoms with van der Waals surface area (Å²) in [5.74, 6) is -2.13. The van der Waals surface area contributed by atoms with Crippen LogP contribution < -0.4 is 10.2 Å². The van der Waals surface area contributed by atoms with Crippen molar-refractivity contribution < 1.29 is 29.3 Å². The highest BCUT2D eigenvalue weighted by molar-refractivity contribution is 5.98. The van der Waals surface area contributed by atoms with Crippen LogP contribution >= 0.6 is 0 Å². The van der Waals surface area contributed by atoms with Crippen molar-refractivity contribution >= 4 is 29.3 Å². The summed E-state index contributed by atoms with van der Waals surface area (Å²) in [7, 11) is 0. The Labute approximate surface area is 154 Å². The van der Waals surface area contributed by atoms with Crippen molar-refractivity contribution in [2.75, 3.05) is 23.4 Å². The number of ether oxygens (including phenoxy) is 1. The van der Waals surface area contributed by atoms with Gasteiger partial charge in [-0.1, -0.05) is 12.1 Å². The topological polar surface area (TPSA) is 116 Å². The first-order chi connectivity index (χ1) is 12.9. The van der Waals surface area contributed by atoms with Crippen molar-refractivity contribution in [3.63, 3.8) is 0 Å². The molecule has 1 saturated heterocycles. The zero-order chi connectivity index (χ0) is 19.1. The average Bonchev–Trinajstić information content (AvgIpc) is 3.06. The van der Waals surface area contributed by atoms with Crippen LogP contribution in [0.2, 0.25) is 0 Å². The highest BCUT2D eigenvalue weighted by Gasteiger charge is 2.30. The van der Waals surface area contributed by atoms with E-state index in [1.165, 1.54) is 17.0 Å². The number of anilines is 2. The summed E-state index contributed by atoms with van der Waals surface area (Å²) in [6.07, 6.45) is -0.277. The Morgan fingerprint density at radius 3 is 2.70 bits per heavy atom. The molecule has 0 unspecified atom stereocenters. The van der Waals surface area contributed by atoms with E-state index in [0.717, 1.165) is 5.56 Å². The van der Waals surface area contributed by atoms with Gasteiger partial charge in [0.05, 0.1) is 6.54 Å². The molecule has 8 nitrogen and oxygen atoms in total. The maximum Gasteiger partial charge on any atom is 0.414 e. The van der Waals surface area contributed by atoms with Crippen LogP contribution in [0.5, 0.6) is 5.75 Å². The second-order valence-electron chi connectivity index (χ2n) is 6.42. The lowest BCUT2D eigenvalue weighted by Crippen LogP contribution is -2.26. The smallest absolute Gasteiger partial charge is 0.414 e. The number of carboxylic acid groups (broad SMARTS) is 1. The Balaban J connectivity index is 1.75. The molecule has 0 saturated carbocycles. The van der Waals surface area contributed by atoms with Crippen LogP contribution in [0.1, 0.15) is 33.8 Å². The first kappa shape index (κ1) is 16.9. The molecule has 0 aromatic heterocycles. The minimum atomic E-state index is -1.24. The molecule has 2 aliphatic heterocycles. The first-order valence-electron chi connectivity index (χ1n) is 8.38. The van der Waals surface area contributed by atoms with Gasteiger partial charge in [-0.3, -0.25) is 9.69 Å². The lowest BCUT2D eigenvalue weighted by molar-refractivity contribution is -0.116. The van der Waals surface area contributed by atoms with Gasteiger partial charge in [-0.15, -0.1) is 0 Å². The van der Waals surface area contributed by atoms with Gasteiger partial charge in [-0.05, 0) is 35.4 Å². The van der Waals surface area contributed by atoms with E-state index in [1.807, 2.05) is 6.07 Å². The van der Waals surface area contributed by atoms with Crippen molar-refractivity contribution in [1.82, 2.24) is 0 Å². The SMILES string of the molecule is O=C1C[C@H](c2ccc(O)c(C(=O)O)c2)c2ccc(N3CCOC3=O)cc2N1. The predicted molar refractivity (Wildman–Crippen MR) is 95.3 cm³/mol. The number of cyclic esters (lactones) is 1. The lowest BCUT2D eigenvalue weighted by Gasteiger charge is -2.27. The van der Waals surface area contributed by atoms with E-state index >= 15 is 0 Å². The van der Waals surface area contributed by atoms with Gasteiger partial charge in [-0.25, -0.2) is 9.59 Å². The second kappa shape index (κ2) is 6.31. The van der Waals surface area contributed by atoms with Crippen LogP contribution in [-0.4, -0.2) is 41.3 Å². The third-order valence-corrected chi connectivity index (χ3v) is 4.80. The second-order valence-corrected chi connectivity index (χ2v) is 6.42. The summed E-state index contributed by atoms with van der Waals surface area (Å²) in [6, 6.07) is 9.61. The maximum atomic E-state index is 12.2. The Morgan fingerprint density at radius 2 is 2.00 bits per heavy atom. The molecule has 1 atom stereocenters. The molecule has 0 bridgehead atoms. The number of carbonyl (C=O) groups is 3. The van der Waals surface area contributed by atoms with Crippen molar-refractivity contribution in [1.29, 1.82) is 0 Å². The van der Waals surface area contributed by atoms with Gasteiger partial charge in [0.1, 0.15) is 17.9 Å². The van der Waals surface area contributed by atoms with Crippen molar-refractivity contribution in [2.45, 2.75) is 12.3 Å². The number of hydrogen-bond acceptors (Lipinski definition) is 5. The predicted octanol–water partition coefficient (Wildman–Crippen LogP) is 2.52. The molecule has 3 N–H and O–H groups in total. The molecule has 138 valence electrons. The summed E-state index contributed by atoms with van der Waals surface area (Å²) >= 11 is 0. The molecule has 2 aromatic rings. The van der Waals surface area contributed by atoms with Crippen LogP contribution in [0.3, 0.4) is 0 Å². The lowest BCUT2D eigenvalue weighted by atomic mass is 9.84. The number of benzene rings is 2. The van der Waals surface area contributed by atoms with Gasteiger partial charge < -0.3 is 20.3 Å². The van der Waals surface area contributed by atoms with E-state index in [1.54, 1.807) is 18.2 Å². The number of carbonyl (C=O) groups excluding carboxylic acids is 2. The zero-order valence-electron chi connectivity index (χ0n) is 14.1. The van der Waals surface area contributed by atoms with E-state index in [4.69, 9.17) is 4.74 Å². The van der Waals surface area contributed by atoms with Gasteiger partial charge in [0, 0.05) is 23.7 Å². The molecule has 0 radical (unpaired) electrons. The molecule has 2 heterocycles. The van der Waals surface area contributed by atoms with E-state index in [-0.39, 0.29) is 29.6 Å². The summed E-state index contributed by atoms with van der Waals surface area (Å²) < 4.78 is 4.94. The molecular weight excluding hydrogens is 352 g/mol. The van der Waals surface area contributed by atoms with Crippen LogP contribution in [0, 0.1) is 0 Å². The fraction of sp³-hybridized carbons (Fsp3) is 0.211. The molecule has 0 aliphatic carbocycles. The summed E-state index contributed by atoms with van der Waals surface area (Å²) in [5.41, 5.74) is 2.41. The van der Waals surface area contributed by atoms with Gasteiger partial charge in [-0.2, -0.15) is 0 Å². The number of carboxylic acids is 1. The summed E-state index contributed by atoms with van der Waals surface area (Å²) in [6.45, 7) is 0.755. The molecule has 1 fully saturated rings. The van der Waals surface area contributed by atoms with E-state index in [0.29, 0.717) is 30.1 Å².